The predicted molar refractivity (Wildman–Crippen MR) is 82.0 cm³/mol. The van der Waals surface area contributed by atoms with Gasteiger partial charge in [0.15, 0.2) is 0 Å². The number of nitrogens with two attached hydrogens (primary N) is 1. The van der Waals surface area contributed by atoms with Crippen LogP contribution in [0.5, 0.6) is 0 Å². The lowest BCUT2D eigenvalue weighted by Crippen LogP contribution is -2.54. The van der Waals surface area contributed by atoms with Crippen LogP contribution in [0.4, 0.5) is 0 Å². The molecule has 2 nitrogen and oxygen atoms in total. The van der Waals surface area contributed by atoms with E-state index in [1.165, 1.54) is 37.7 Å². The Morgan fingerprint density at radius 1 is 1.26 bits per heavy atom. The molecule has 0 spiro atoms. The van der Waals surface area contributed by atoms with Gasteiger partial charge >= 0.3 is 0 Å². The average molecular weight is 260 g/mol. The lowest BCUT2D eigenvalue weighted by Gasteiger charge is -2.42. The summed E-state index contributed by atoms with van der Waals surface area (Å²) >= 11 is 0. The lowest BCUT2D eigenvalue weighted by molar-refractivity contribution is 0.177. The van der Waals surface area contributed by atoms with Crippen LogP contribution in [-0.4, -0.2) is 12.1 Å². The molecule has 106 valence electrons. The first kappa shape index (κ1) is 14.5. The molecule has 1 aliphatic carbocycles. The summed E-state index contributed by atoms with van der Waals surface area (Å²) in [6.45, 7) is 5.30. The summed E-state index contributed by atoms with van der Waals surface area (Å²) in [4.78, 5) is 0. The van der Waals surface area contributed by atoms with Crippen molar-refractivity contribution >= 4 is 0 Å². The quantitative estimate of drug-likeness (QED) is 0.848. The molecule has 1 fully saturated rings. The summed E-state index contributed by atoms with van der Waals surface area (Å²) in [6, 6.07) is 11.1. The molecule has 1 aromatic rings. The zero-order chi connectivity index (χ0) is 13.7. The highest BCUT2D eigenvalue weighted by atomic mass is 15.0. The van der Waals surface area contributed by atoms with Crippen LogP contribution >= 0.6 is 0 Å². The fourth-order valence-corrected chi connectivity index (χ4v) is 3.33. The largest absolute Gasteiger partial charge is 0.329 e. The molecule has 1 atom stereocenters. The van der Waals surface area contributed by atoms with Crippen molar-refractivity contribution in [2.75, 3.05) is 6.54 Å². The Morgan fingerprint density at radius 3 is 2.42 bits per heavy atom. The fourth-order valence-electron chi connectivity index (χ4n) is 3.33. The van der Waals surface area contributed by atoms with Gasteiger partial charge in [-0.3, -0.25) is 0 Å². The Morgan fingerprint density at radius 2 is 1.89 bits per heavy atom. The highest BCUT2D eigenvalue weighted by Crippen LogP contribution is 2.34. The van der Waals surface area contributed by atoms with Crippen molar-refractivity contribution in [3.63, 3.8) is 0 Å². The molecule has 1 aromatic carbocycles. The molecule has 0 radical (unpaired) electrons. The standard InChI is InChI=1S/C17H28N2/c1-3-15-9-11-17(13-18,12-10-15)19-14(2)16-7-5-4-6-8-16/h4-8,14-15,19H,3,9-13,18H2,1-2H3. The minimum absolute atomic E-state index is 0.154. The Kier molecular flexibility index (Phi) is 5.00. The van der Waals surface area contributed by atoms with Crippen molar-refractivity contribution in [1.82, 2.24) is 5.32 Å². The zero-order valence-corrected chi connectivity index (χ0v) is 12.4. The number of hydrogen-bond donors (Lipinski definition) is 2. The van der Waals surface area contributed by atoms with Gasteiger partial charge in [-0.25, -0.2) is 0 Å². The SMILES string of the molecule is CCC1CCC(CN)(NC(C)c2ccccc2)CC1. The molecule has 0 aliphatic heterocycles. The van der Waals surface area contributed by atoms with Gasteiger partial charge in [-0.1, -0.05) is 43.7 Å². The van der Waals surface area contributed by atoms with Gasteiger partial charge in [0, 0.05) is 18.1 Å². The van der Waals surface area contributed by atoms with Crippen molar-refractivity contribution in [3.8, 4) is 0 Å². The minimum Gasteiger partial charge on any atom is -0.329 e. The molecule has 1 aliphatic rings. The molecule has 3 N–H and O–H groups in total. The van der Waals surface area contributed by atoms with Crippen LogP contribution in [0, 0.1) is 5.92 Å². The number of benzene rings is 1. The number of hydrogen-bond acceptors (Lipinski definition) is 2. The van der Waals surface area contributed by atoms with E-state index in [0.29, 0.717) is 6.04 Å². The van der Waals surface area contributed by atoms with Crippen LogP contribution in [0.15, 0.2) is 30.3 Å². The van der Waals surface area contributed by atoms with Gasteiger partial charge < -0.3 is 11.1 Å². The Labute approximate surface area is 117 Å². The van der Waals surface area contributed by atoms with E-state index in [1.54, 1.807) is 0 Å². The van der Waals surface area contributed by atoms with E-state index >= 15 is 0 Å². The number of nitrogens with one attached hydrogen (secondary N) is 1. The van der Waals surface area contributed by atoms with Crippen LogP contribution in [0.1, 0.15) is 57.6 Å². The van der Waals surface area contributed by atoms with E-state index in [2.05, 4.69) is 49.5 Å². The normalized spacial score (nSPS) is 29.1. The van der Waals surface area contributed by atoms with E-state index in [4.69, 9.17) is 5.73 Å². The van der Waals surface area contributed by atoms with Gasteiger partial charge in [-0.15, -0.1) is 0 Å². The number of rotatable bonds is 5. The highest BCUT2D eigenvalue weighted by Gasteiger charge is 2.34. The van der Waals surface area contributed by atoms with E-state index < -0.39 is 0 Å². The molecular weight excluding hydrogens is 232 g/mol. The van der Waals surface area contributed by atoms with Gasteiger partial charge in [0.05, 0.1) is 0 Å². The molecule has 0 amide bonds. The summed E-state index contributed by atoms with van der Waals surface area (Å²) in [5, 5.41) is 3.82. The van der Waals surface area contributed by atoms with Crippen molar-refractivity contribution in [2.45, 2.75) is 57.5 Å². The molecule has 0 saturated heterocycles. The van der Waals surface area contributed by atoms with Crippen LogP contribution in [-0.2, 0) is 0 Å². The molecule has 2 rings (SSSR count). The highest BCUT2D eigenvalue weighted by molar-refractivity contribution is 5.19. The van der Waals surface area contributed by atoms with Gasteiger partial charge in [0.1, 0.15) is 0 Å². The minimum atomic E-state index is 0.154. The van der Waals surface area contributed by atoms with Crippen molar-refractivity contribution in [3.05, 3.63) is 35.9 Å². The smallest absolute Gasteiger partial charge is 0.0309 e. The van der Waals surface area contributed by atoms with Crippen molar-refractivity contribution in [2.24, 2.45) is 11.7 Å². The monoisotopic (exact) mass is 260 g/mol. The first-order chi connectivity index (χ1) is 9.19. The summed E-state index contributed by atoms with van der Waals surface area (Å²) < 4.78 is 0. The predicted octanol–water partition coefficient (Wildman–Crippen LogP) is 3.63. The first-order valence-electron chi connectivity index (χ1n) is 7.72. The van der Waals surface area contributed by atoms with Gasteiger partial charge in [0.2, 0.25) is 0 Å². The molecule has 0 bridgehead atoms. The Hall–Kier alpha value is -0.860. The molecule has 1 unspecified atom stereocenters. The third kappa shape index (κ3) is 3.58. The van der Waals surface area contributed by atoms with E-state index in [-0.39, 0.29) is 5.54 Å². The van der Waals surface area contributed by atoms with Crippen LogP contribution in [0.25, 0.3) is 0 Å². The summed E-state index contributed by atoms with van der Waals surface area (Å²) in [6.07, 6.45) is 6.40. The first-order valence-corrected chi connectivity index (χ1v) is 7.72. The second-order valence-corrected chi connectivity index (χ2v) is 6.11. The molecule has 0 heterocycles. The van der Waals surface area contributed by atoms with Crippen LogP contribution in [0.2, 0.25) is 0 Å². The van der Waals surface area contributed by atoms with Gasteiger partial charge in [-0.05, 0) is 44.1 Å². The van der Waals surface area contributed by atoms with Gasteiger partial charge in [-0.2, -0.15) is 0 Å². The van der Waals surface area contributed by atoms with Crippen molar-refractivity contribution in [1.29, 1.82) is 0 Å². The molecule has 2 heteroatoms. The Bertz CT molecular complexity index is 366. The maximum atomic E-state index is 6.09. The molecule has 1 saturated carbocycles. The maximum absolute atomic E-state index is 6.09. The van der Waals surface area contributed by atoms with Gasteiger partial charge in [0.25, 0.3) is 0 Å². The summed E-state index contributed by atoms with van der Waals surface area (Å²) in [5.74, 6) is 0.911. The van der Waals surface area contributed by atoms with Crippen LogP contribution in [0.3, 0.4) is 0 Å². The van der Waals surface area contributed by atoms with E-state index in [1.807, 2.05) is 0 Å². The van der Waals surface area contributed by atoms with E-state index in [0.717, 1.165) is 12.5 Å². The molecular formula is C17H28N2. The third-order valence-electron chi connectivity index (χ3n) is 4.85. The van der Waals surface area contributed by atoms with Crippen molar-refractivity contribution < 1.29 is 0 Å². The fraction of sp³-hybridized carbons (Fsp3) is 0.647. The molecule has 0 aromatic heterocycles. The topological polar surface area (TPSA) is 38.0 Å². The summed E-state index contributed by atoms with van der Waals surface area (Å²) in [5.41, 5.74) is 7.60. The second-order valence-electron chi connectivity index (χ2n) is 6.11. The zero-order valence-electron chi connectivity index (χ0n) is 12.4. The maximum Gasteiger partial charge on any atom is 0.0309 e. The van der Waals surface area contributed by atoms with Crippen LogP contribution < -0.4 is 11.1 Å². The second kappa shape index (κ2) is 6.53. The third-order valence-corrected chi connectivity index (χ3v) is 4.85. The molecule has 19 heavy (non-hydrogen) atoms. The Balaban J connectivity index is 1.99. The lowest BCUT2D eigenvalue weighted by atomic mass is 9.75. The summed E-state index contributed by atoms with van der Waals surface area (Å²) in [7, 11) is 0. The van der Waals surface area contributed by atoms with E-state index in [9.17, 15) is 0 Å². The average Bonchev–Trinajstić information content (AvgIpc) is 2.49.